The van der Waals surface area contributed by atoms with E-state index in [1.165, 1.54) is 19.2 Å². The average molecular weight is 770 g/mol. The molecule has 16 nitrogen and oxygen atoms in total. The summed E-state index contributed by atoms with van der Waals surface area (Å²) in [6.45, 7) is 1.72. The van der Waals surface area contributed by atoms with Crippen LogP contribution in [0.1, 0.15) is 15.9 Å². The maximum atomic E-state index is 12.7. The molecule has 0 aliphatic rings. The van der Waals surface area contributed by atoms with Crippen LogP contribution in [0.4, 0.5) is 34.1 Å². The van der Waals surface area contributed by atoms with Gasteiger partial charge >= 0.3 is 0 Å². The number of nitrogens with one attached hydrogen (secondary N) is 1. The van der Waals surface area contributed by atoms with Gasteiger partial charge < -0.3 is 26.0 Å². The monoisotopic (exact) mass is 769 g/mol. The van der Waals surface area contributed by atoms with Crippen molar-refractivity contribution in [2.24, 2.45) is 20.5 Å². The molecule has 0 heterocycles. The molecule has 0 fully saturated rings. The number of nitrogens with two attached hydrogens (primary N) is 1. The minimum absolute atomic E-state index is 0. The zero-order chi connectivity index (χ0) is 34.9. The third-order valence-corrected chi connectivity index (χ3v) is 7.96. The molecule has 1 radical (unpaired) electrons. The van der Waals surface area contributed by atoms with E-state index in [0.29, 0.717) is 67.3 Å². The second kappa shape index (κ2) is 17.7. The van der Waals surface area contributed by atoms with E-state index in [-0.39, 0.29) is 50.7 Å². The molecule has 0 aliphatic carbocycles. The maximum Gasteiger partial charge on any atom is 0.255 e. The van der Waals surface area contributed by atoms with E-state index in [4.69, 9.17) is 21.0 Å². The van der Waals surface area contributed by atoms with Gasteiger partial charge in [0.05, 0.1) is 41.8 Å². The number of phenolic OH excluding ortho intramolecular Hbond substituents is 2. The van der Waals surface area contributed by atoms with E-state index in [1.54, 1.807) is 73.7 Å². The molecule has 7 N–H and O–H groups in total. The summed E-state index contributed by atoms with van der Waals surface area (Å²) in [5, 5.41) is 66.9. The molecule has 0 bridgehead atoms. The van der Waals surface area contributed by atoms with Crippen LogP contribution >= 0.6 is 24.1 Å². The molecule has 19 heteroatoms. The first-order chi connectivity index (χ1) is 23.7. The molecule has 263 valence electrons. The number of rotatable bonds is 13. The van der Waals surface area contributed by atoms with Crippen molar-refractivity contribution in [2.75, 3.05) is 18.2 Å². The molecule has 0 saturated heterocycles. The fraction of sp³-hybridized carbons (Fsp3) is 0.0645. The van der Waals surface area contributed by atoms with Crippen LogP contribution in [0.25, 0.3) is 10.8 Å². The first kappa shape index (κ1) is 38.0. The van der Waals surface area contributed by atoms with Crippen LogP contribution in [-0.4, -0.2) is 33.7 Å². The Labute approximate surface area is 302 Å². The van der Waals surface area contributed by atoms with Crippen LogP contribution in [0.15, 0.2) is 109 Å². The van der Waals surface area contributed by atoms with Crippen molar-refractivity contribution in [3.63, 3.8) is 0 Å². The van der Waals surface area contributed by atoms with Gasteiger partial charge in [-0.25, -0.2) is 10.5 Å². The molecular weight excluding hydrogens is 744 g/mol. The Kier molecular flexibility index (Phi) is 13.5. The Bertz CT molecular complexity index is 2050. The number of hydrogen-bond donors (Lipinski definition) is 6. The summed E-state index contributed by atoms with van der Waals surface area (Å²) >= 11 is 1.28. The quantitative estimate of drug-likeness (QED) is 0.0164. The number of nitrogens with zero attached hydrogens (tertiary/aromatic N) is 4. The molecule has 0 unspecified atom stereocenters. The fourth-order valence-electron chi connectivity index (χ4n) is 4.40. The van der Waals surface area contributed by atoms with Crippen LogP contribution in [0, 0.1) is 6.92 Å². The Morgan fingerprint density at radius 1 is 0.800 bits per heavy atom. The van der Waals surface area contributed by atoms with Gasteiger partial charge in [-0.15, -0.1) is 24.0 Å². The number of phenols is 2. The molecule has 0 atom stereocenters. The summed E-state index contributed by atoms with van der Waals surface area (Å²) in [7, 11) is 1.47. The second-order valence-electron chi connectivity index (χ2n) is 9.90. The number of azo groups is 2. The SMILES string of the molecule is COc1ccc(SOOO)cc1N=Nc1cc(O)c(N=Nc2c(SOOO)cc3cc(NC(=O)c4ccc(N)cc4)ccc3c2O)cc1C.[Cu]. The van der Waals surface area contributed by atoms with Gasteiger partial charge in [0.1, 0.15) is 28.6 Å². The largest absolute Gasteiger partial charge is 0.506 e. The van der Waals surface area contributed by atoms with Gasteiger partial charge in [-0.1, -0.05) is 10.1 Å². The molecule has 5 aromatic rings. The fourth-order valence-corrected chi connectivity index (χ4v) is 5.29. The van der Waals surface area contributed by atoms with Gasteiger partial charge in [0.25, 0.3) is 5.91 Å². The number of aromatic hydroxyl groups is 2. The van der Waals surface area contributed by atoms with Gasteiger partial charge in [-0.2, -0.15) is 5.11 Å². The zero-order valence-electron chi connectivity index (χ0n) is 25.7. The molecule has 1 amide bonds. The van der Waals surface area contributed by atoms with E-state index < -0.39 is 0 Å². The van der Waals surface area contributed by atoms with E-state index in [9.17, 15) is 15.0 Å². The Balaban J connectivity index is 0.00000562. The van der Waals surface area contributed by atoms with Crippen LogP contribution in [0.3, 0.4) is 0 Å². The molecule has 50 heavy (non-hydrogen) atoms. The Hall–Kier alpha value is -4.79. The molecular formula is C31H26CuN6O10S2. The summed E-state index contributed by atoms with van der Waals surface area (Å²) in [6, 6.07) is 20.5. The number of anilines is 2. The number of nitrogen functional groups attached to an aromatic ring is 1. The van der Waals surface area contributed by atoms with E-state index in [1.807, 2.05) is 0 Å². The number of benzene rings is 5. The number of methoxy groups -OCH3 is 1. The minimum atomic E-state index is -0.365. The number of hydrogen-bond acceptors (Lipinski definition) is 17. The van der Waals surface area contributed by atoms with Crippen LogP contribution in [0.5, 0.6) is 17.2 Å². The van der Waals surface area contributed by atoms with Crippen molar-refractivity contribution < 1.29 is 66.1 Å². The third kappa shape index (κ3) is 9.25. The second-order valence-corrected chi connectivity index (χ2v) is 11.4. The number of aryl methyl sites for hydroxylation is 1. The summed E-state index contributed by atoms with van der Waals surface area (Å²) in [5.74, 6) is -0.549. The number of fused-ring (bicyclic) bond motifs is 1. The number of carbonyl (C=O) groups excluding carboxylic acids is 1. The summed E-state index contributed by atoms with van der Waals surface area (Å²) in [5.41, 5.74) is 8.26. The standard InChI is InChI=1S/C31H26N6O10S2.Cu/c1-16-11-24(26(38)15-23(16)34-36-25-14-21(48-46-44-41)8-10-27(25)43-2)35-37-29-28(49-47-45-42)13-18-12-20(7-9-22(18)30(29)39)33-31(40)17-3-5-19(32)6-4-17;/h3-15,38-39,41-42H,32H2,1-2H3,(H,33,40);. The number of carbonyl (C=O) groups is 1. The van der Waals surface area contributed by atoms with Crippen molar-refractivity contribution in [3.8, 4) is 17.2 Å². The van der Waals surface area contributed by atoms with Gasteiger partial charge in [-0.05, 0) is 90.7 Å². The smallest absolute Gasteiger partial charge is 0.255 e. The summed E-state index contributed by atoms with van der Waals surface area (Å²) < 4.78 is 14.4. The van der Waals surface area contributed by atoms with Crippen LogP contribution in [0.2, 0.25) is 0 Å². The molecule has 5 rings (SSSR count). The Morgan fingerprint density at radius 2 is 1.50 bits per heavy atom. The van der Waals surface area contributed by atoms with E-state index >= 15 is 0 Å². The predicted octanol–water partition coefficient (Wildman–Crippen LogP) is 9.09. The molecule has 5 aromatic carbocycles. The van der Waals surface area contributed by atoms with E-state index in [2.05, 4.69) is 44.5 Å². The Morgan fingerprint density at radius 3 is 2.22 bits per heavy atom. The van der Waals surface area contributed by atoms with Crippen LogP contribution in [-0.2, 0) is 35.8 Å². The minimum Gasteiger partial charge on any atom is -0.506 e. The predicted molar refractivity (Wildman–Crippen MR) is 180 cm³/mol. The topological polar surface area (TPSA) is 232 Å². The van der Waals surface area contributed by atoms with Crippen molar-refractivity contribution in [1.82, 2.24) is 0 Å². The molecule has 0 spiro atoms. The van der Waals surface area contributed by atoms with Crippen molar-refractivity contribution >= 4 is 74.9 Å². The van der Waals surface area contributed by atoms with Crippen molar-refractivity contribution in [2.45, 2.75) is 16.7 Å². The first-order valence-electron chi connectivity index (χ1n) is 13.8. The number of amides is 1. The molecule has 0 saturated carbocycles. The van der Waals surface area contributed by atoms with Gasteiger partial charge in [0.2, 0.25) is 0 Å². The zero-order valence-corrected chi connectivity index (χ0v) is 28.3. The summed E-state index contributed by atoms with van der Waals surface area (Å²) in [6.07, 6.45) is 0. The summed E-state index contributed by atoms with van der Waals surface area (Å²) in [4.78, 5) is 13.4. The number of ether oxygens (including phenoxy) is 1. The maximum absolute atomic E-state index is 12.7. The molecule has 0 aliphatic heterocycles. The van der Waals surface area contributed by atoms with Gasteiger partial charge in [0, 0.05) is 50.4 Å². The van der Waals surface area contributed by atoms with Crippen molar-refractivity contribution in [3.05, 3.63) is 90.0 Å². The van der Waals surface area contributed by atoms with Gasteiger partial charge in [-0.3, -0.25) is 4.79 Å². The average Bonchev–Trinajstić information content (AvgIpc) is 3.10. The van der Waals surface area contributed by atoms with Crippen LogP contribution < -0.4 is 15.8 Å². The van der Waals surface area contributed by atoms with Gasteiger partial charge in [0.15, 0.2) is 5.75 Å². The third-order valence-electron chi connectivity index (χ3n) is 6.76. The molecule has 0 aromatic heterocycles. The van der Waals surface area contributed by atoms with Crippen molar-refractivity contribution in [1.29, 1.82) is 0 Å². The normalized spacial score (nSPS) is 11.3. The van der Waals surface area contributed by atoms with E-state index in [0.717, 1.165) is 12.0 Å². The first-order valence-corrected chi connectivity index (χ1v) is 15.3.